The normalized spacial score (nSPS) is 15.6. The lowest BCUT2D eigenvalue weighted by Gasteiger charge is -2.36. The highest BCUT2D eigenvalue weighted by Crippen LogP contribution is 2.20. The first-order valence-corrected chi connectivity index (χ1v) is 9.31. The molecule has 0 atom stereocenters. The van der Waals surface area contributed by atoms with E-state index in [1.165, 1.54) is 11.8 Å². The number of hydrogen-bond acceptors (Lipinski definition) is 5. The number of likely N-dealkylation sites (tertiary alicyclic amines) is 1. The van der Waals surface area contributed by atoms with Gasteiger partial charge in [-0.3, -0.25) is 14.7 Å². The number of benzene rings is 1. The zero-order valence-corrected chi connectivity index (χ0v) is 15.7. The molecule has 0 bridgehead atoms. The molecule has 1 aromatic carbocycles. The first kappa shape index (κ1) is 17.6. The van der Waals surface area contributed by atoms with E-state index >= 15 is 0 Å². The lowest BCUT2D eigenvalue weighted by atomic mass is 10.0. The molecule has 0 aliphatic carbocycles. The number of aromatic amines is 1. The average molecular weight is 364 g/mol. The maximum absolute atomic E-state index is 12.5. The van der Waals surface area contributed by atoms with Crippen LogP contribution in [0.5, 0.6) is 0 Å². The summed E-state index contributed by atoms with van der Waals surface area (Å²) in [4.78, 5) is 32.9. The van der Waals surface area contributed by atoms with Crippen LogP contribution in [0, 0.1) is 6.92 Å². The van der Waals surface area contributed by atoms with Crippen LogP contribution in [-0.4, -0.2) is 61.8 Å². The highest BCUT2D eigenvalue weighted by Gasteiger charge is 2.26. The molecular formula is C20H24N6O. The Morgan fingerprint density at radius 3 is 2.85 bits per heavy atom. The first-order chi connectivity index (χ1) is 13.1. The number of nitrogens with zero attached hydrogens (tertiary/aromatic N) is 5. The fourth-order valence-electron chi connectivity index (χ4n) is 3.70. The fourth-order valence-corrected chi connectivity index (χ4v) is 3.70. The van der Waals surface area contributed by atoms with Crippen molar-refractivity contribution in [3.8, 4) is 0 Å². The Morgan fingerprint density at radius 1 is 1.30 bits per heavy atom. The largest absolute Gasteiger partial charge is 0.341 e. The standard InChI is InChI=1S/C20H24N6O/c1-14-3-4-16-17(11-14)24-19(23-16)13-25(2)15-5-9-26(10-6-15)20(27)18-12-21-7-8-22-18/h3-4,7-8,11-12,15H,5-6,9-10,13H2,1-2H3,(H,23,24). The third kappa shape index (κ3) is 3.83. The van der Waals surface area contributed by atoms with Crippen molar-refractivity contribution in [3.63, 3.8) is 0 Å². The van der Waals surface area contributed by atoms with Crippen molar-refractivity contribution >= 4 is 16.9 Å². The second-order valence-electron chi connectivity index (χ2n) is 7.23. The van der Waals surface area contributed by atoms with Crippen LogP contribution in [0.3, 0.4) is 0 Å². The van der Waals surface area contributed by atoms with Gasteiger partial charge in [0.25, 0.3) is 5.91 Å². The van der Waals surface area contributed by atoms with E-state index in [4.69, 9.17) is 4.98 Å². The molecule has 0 radical (unpaired) electrons. The summed E-state index contributed by atoms with van der Waals surface area (Å²) in [5, 5.41) is 0. The van der Waals surface area contributed by atoms with Crippen LogP contribution in [0.4, 0.5) is 0 Å². The number of nitrogens with one attached hydrogen (secondary N) is 1. The highest BCUT2D eigenvalue weighted by molar-refractivity contribution is 5.92. The van der Waals surface area contributed by atoms with Crippen LogP contribution in [0.1, 0.15) is 34.7 Å². The van der Waals surface area contributed by atoms with Gasteiger partial charge in [0.2, 0.25) is 0 Å². The molecule has 4 rings (SSSR count). The number of imidazole rings is 1. The van der Waals surface area contributed by atoms with Crippen LogP contribution in [-0.2, 0) is 6.54 Å². The Hall–Kier alpha value is -2.80. The number of piperidine rings is 1. The van der Waals surface area contributed by atoms with E-state index in [0.717, 1.165) is 49.3 Å². The number of carbonyl (C=O) groups excluding carboxylic acids is 1. The highest BCUT2D eigenvalue weighted by atomic mass is 16.2. The minimum absolute atomic E-state index is 0.0307. The van der Waals surface area contributed by atoms with Crippen molar-refractivity contribution in [2.45, 2.75) is 32.4 Å². The molecular weight excluding hydrogens is 340 g/mol. The van der Waals surface area contributed by atoms with E-state index in [2.05, 4.69) is 52.0 Å². The summed E-state index contributed by atoms with van der Waals surface area (Å²) < 4.78 is 0. The predicted octanol–water partition coefficient (Wildman–Crippen LogP) is 2.40. The van der Waals surface area contributed by atoms with Crippen LogP contribution >= 0.6 is 0 Å². The topological polar surface area (TPSA) is 78.0 Å². The van der Waals surface area contributed by atoms with Crippen molar-refractivity contribution in [1.82, 2.24) is 29.7 Å². The van der Waals surface area contributed by atoms with Gasteiger partial charge in [0.05, 0.1) is 23.8 Å². The molecule has 0 saturated carbocycles. The number of aryl methyl sites for hydroxylation is 1. The summed E-state index contributed by atoms with van der Waals surface area (Å²) in [6.45, 7) is 4.34. The Balaban J connectivity index is 1.35. The molecule has 3 aromatic rings. The Kier molecular flexibility index (Phi) is 4.85. The van der Waals surface area contributed by atoms with Gasteiger partial charge in [-0.25, -0.2) is 9.97 Å². The van der Waals surface area contributed by atoms with Crippen LogP contribution in [0.25, 0.3) is 11.0 Å². The lowest BCUT2D eigenvalue weighted by molar-refractivity contribution is 0.0631. The summed E-state index contributed by atoms with van der Waals surface area (Å²) in [7, 11) is 2.13. The van der Waals surface area contributed by atoms with Gasteiger partial charge >= 0.3 is 0 Å². The Morgan fingerprint density at radius 2 is 2.11 bits per heavy atom. The van der Waals surface area contributed by atoms with Crippen LogP contribution < -0.4 is 0 Å². The fraction of sp³-hybridized carbons (Fsp3) is 0.400. The molecule has 27 heavy (non-hydrogen) atoms. The van der Waals surface area contributed by atoms with E-state index in [1.807, 2.05) is 4.90 Å². The van der Waals surface area contributed by atoms with E-state index in [-0.39, 0.29) is 5.91 Å². The van der Waals surface area contributed by atoms with Crippen molar-refractivity contribution in [3.05, 3.63) is 53.9 Å². The van der Waals surface area contributed by atoms with Gasteiger partial charge in [0, 0.05) is 31.5 Å². The summed E-state index contributed by atoms with van der Waals surface area (Å²) >= 11 is 0. The molecule has 1 fully saturated rings. The predicted molar refractivity (Wildman–Crippen MR) is 103 cm³/mol. The molecule has 1 saturated heterocycles. The van der Waals surface area contributed by atoms with Crippen molar-refractivity contribution in [1.29, 1.82) is 0 Å². The smallest absolute Gasteiger partial charge is 0.274 e. The van der Waals surface area contributed by atoms with Gasteiger partial charge in [-0.1, -0.05) is 6.07 Å². The number of fused-ring (bicyclic) bond motifs is 1. The van der Waals surface area contributed by atoms with Crippen LogP contribution in [0.2, 0.25) is 0 Å². The third-order valence-corrected chi connectivity index (χ3v) is 5.24. The van der Waals surface area contributed by atoms with Gasteiger partial charge in [0.1, 0.15) is 11.5 Å². The zero-order chi connectivity index (χ0) is 18.8. The zero-order valence-electron chi connectivity index (χ0n) is 15.7. The van der Waals surface area contributed by atoms with Gasteiger partial charge in [0.15, 0.2) is 0 Å². The minimum atomic E-state index is -0.0307. The van der Waals surface area contributed by atoms with Gasteiger partial charge in [-0.15, -0.1) is 0 Å². The molecule has 1 amide bonds. The SMILES string of the molecule is Cc1ccc2nc(CN(C)C3CCN(C(=O)c4cnccn4)CC3)[nH]c2c1. The molecule has 140 valence electrons. The molecule has 1 N–H and O–H groups in total. The summed E-state index contributed by atoms with van der Waals surface area (Å²) in [5.74, 6) is 0.952. The average Bonchev–Trinajstić information content (AvgIpc) is 3.09. The number of H-pyrrole nitrogens is 1. The quantitative estimate of drug-likeness (QED) is 0.769. The number of rotatable bonds is 4. The van der Waals surface area contributed by atoms with Crippen molar-refractivity contribution < 1.29 is 4.79 Å². The van der Waals surface area contributed by atoms with Crippen molar-refractivity contribution in [2.24, 2.45) is 0 Å². The van der Waals surface area contributed by atoms with Gasteiger partial charge < -0.3 is 9.88 Å². The van der Waals surface area contributed by atoms with Crippen LogP contribution in [0.15, 0.2) is 36.8 Å². The number of aromatic nitrogens is 4. The molecule has 3 heterocycles. The van der Waals surface area contributed by atoms with Gasteiger partial charge in [-0.05, 0) is 44.5 Å². The molecule has 7 heteroatoms. The second-order valence-corrected chi connectivity index (χ2v) is 7.23. The van der Waals surface area contributed by atoms with Gasteiger partial charge in [-0.2, -0.15) is 0 Å². The maximum Gasteiger partial charge on any atom is 0.274 e. The summed E-state index contributed by atoms with van der Waals surface area (Å²) in [6.07, 6.45) is 6.56. The van der Waals surface area contributed by atoms with E-state index in [0.29, 0.717) is 11.7 Å². The third-order valence-electron chi connectivity index (χ3n) is 5.24. The number of hydrogen-bond donors (Lipinski definition) is 1. The maximum atomic E-state index is 12.5. The lowest BCUT2D eigenvalue weighted by Crippen LogP contribution is -2.45. The van der Waals surface area contributed by atoms with E-state index < -0.39 is 0 Å². The molecule has 0 spiro atoms. The van der Waals surface area contributed by atoms with E-state index in [1.54, 1.807) is 12.4 Å². The number of carbonyl (C=O) groups is 1. The van der Waals surface area contributed by atoms with Crippen molar-refractivity contribution in [2.75, 3.05) is 20.1 Å². The first-order valence-electron chi connectivity index (χ1n) is 9.31. The van der Waals surface area contributed by atoms with E-state index in [9.17, 15) is 4.79 Å². The number of amides is 1. The Labute approximate surface area is 158 Å². The molecule has 1 aliphatic rings. The molecule has 0 unspecified atom stereocenters. The second kappa shape index (κ2) is 7.44. The molecule has 1 aliphatic heterocycles. The molecule has 7 nitrogen and oxygen atoms in total. The Bertz CT molecular complexity index is 930. The molecule has 2 aromatic heterocycles. The summed E-state index contributed by atoms with van der Waals surface area (Å²) in [6, 6.07) is 6.70. The summed E-state index contributed by atoms with van der Waals surface area (Å²) in [5.41, 5.74) is 3.74. The minimum Gasteiger partial charge on any atom is -0.341 e. The monoisotopic (exact) mass is 364 g/mol.